The zero-order valence-corrected chi connectivity index (χ0v) is 23.0. The molecule has 0 aromatic heterocycles. The van der Waals surface area contributed by atoms with E-state index < -0.39 is 17.6 Å². The van der Waals surface area contributed by atoms with Crippen LogP contribution in [-0.4, -0.2) is 18.2 Å². The van der Waals surface area contributed by atoms with Gasteiger partial charge >= 0.3 is 5.97 Å². The molecule has 0 saturated carbocycles. The first-order valence-corrected chi connectivity index (χ1v) is 13.4. The zero-order valence-electron chi connectivity index (χ0n) is 23.0. The summed E-state index contributed by atoms with van der Waals surface area (Å²) < 4.78 is 41.9. The van der Waals surface area contributed by atoms with Crippen LogP contribution in [0.1, 0.15) is 75.5 Å². The van der Waals surface area contributed by atoms with Gasteiger partial charge < -0.3 is 14.6 Å². The number of rotatable bonds is 11. The van der Waals surface area contributed by atoms with Gasteiger partial charge in [-0.25, -0.2) is 8.78 Å². The van der Waals surface area contributed by atoms with Gasteiger partial charge in [-0.05, 0) is 95.3 Å². The van der Waals surface area contributed by atoms with E-state index in [1.165, 1.54) is 19.2 Å². The highest BCUT2D eigenvalue weighted by atomic mass is 19.1. The standard InChI is InChI=1S/C33H36F2O4/c1-5-8-21(17-32(36)37)22-9-6-10-25(15-22)39-20-23-16-27(29-11-7-14-33(29,2)3)26(19-31(23)35)28-18-24(38-4)12-13-30(28)34/h6,9-13,15-16,18-19,21H,5,7-8,14,17,20H2,1-4H3,(H,36,37)/t21-/m0/s1. The fraction of sp³-hybridized carbons (Fsp3) is 0.364. The lowest BCUT2D eigenvalue weighted by Crippen LogP contribution is -2.11. The van der Waals surface area contributed by atoms with Crippen molar-refractivity contribution < 1.29 is 28.2 Å². The van der Waals surface area contributed by atoms with E-state index in [0.29, 0.717) is 22.6 Å². The summed E-state index contributed by atoms with van der Waals surface area (Å²) >= 11 is 0. The van der Waals surface area contributed by atoms with Gasteiger partial charge in [-0.1, -0.05) is 45.4 Å². The van der Waals surface area contributed by atoms with Gasteiger partial charge in [-0.15, -0.1) is 0 Å². The number of halogens is 2. The van der Waals surface area contributed by atoms with Crippen molar-refractivity contribution in [3.63, 3.8) is 0 Å². The predicted molar refractivity (Wildman–Crippen MR) is 150 cm³/mol. The highest BCUT2D eigenvalue weighted by molar-refractivity contribution is 5.85. The molecule has 0 bridgehead atoms. The van der Waals surface area contributed by atoms with Crippen LogP contribution in [0.15, 0.2) is 60.7 Å². The number of allylic oxidation sites excluding steroid dienone is 2. The van der Waals surface area contributed by atoms with E-state index in [-0.39, 0.29) is 29.9 Å². The molecule has 6 heteroatoms. The summed E-state index contributed by atoms with van der Waals surface area (Å²) in [5.41, 5.74) is 3.70. The number of ether oxygens (including phenoxy) is 2. The molecule has 0 amide bonds. The van der Waals surface area contributed by atoms with Crippen molar-refractivity contribution in [1.82, 2.24) is 0 Å². The van der Waals surface area contributed by atoms with Gasteiger partial charge in [-0.2, -0.15) is 0 Å². The van der Waals surface area contributed by atoms with Gasteiger partial charge in [0.05, 0.1) is 13.5 Å². The first-order chi connectivity index (χ1) is 18.6. The summed E-state index contributed by atoms with van der Waals surface area (Å²) in [6.07, 6.45) is 5.66. The van der Waals surface area contributed by atoms with Crippen LogP contribution < -0.4 is 9.47 Å². The van der Waals surface area contributed by atoms with Gasteiger partial charge in [0.1, 0.15) is 29.7 Å². The molecule has 1 atom stereocenters. The first kappa shape index (κ1) is 28.3. The van der Waals surface area contributed by atoms with E-state index in [2.05, 4.69) is 19.9 Å². The van der Waals surface area contributed by atoms with Crippen molar-refractivity contribution in [2.24, 2.45) is 5.41 Å². The summed E-state index contributed by atoms with van der Waals surface area (Å²) in [4.78, 5) is 11.4. The van der Waals surface area contributed by atoms with Crippen LogP contribution in [0.2, 0.25) is 0 Å². The molecule has 1 aliphatic carbocycles. The summed E-state index contributed by atoms with van der Waals surface area (Å²) in [5.74, 6) is -0.855. The topological polar surface area (TPSA) is 55.8 Å². The number of hydrogen-bond acceptors (Lipinski definition) is 3. The van der Waals surface area contributed by atoms with E-state index in [1.807, 2.05) is 25.1 Å². The quantitative estimate of drug-likeness (QED) is 0.267. The van der Waals surface area contributed by atoms with Crippen LogP contribution in [0.25, 0.3) is 16.7 Å². The lowest BCUT2D eigenvalue weighted by molar-refractivity contribution is -0.137. The number of carbonyl (C=O) groups is 1. The lowest BCUT2D eigenvalue weighted by Gasteiger charge is -2.26. The third kappa shape index (κ3) is 6.49. The predicted octanol–water partition coefficient (Wildman–Crippen LogP) is 8.78. The summed E-state index contributed by atoms with van der Waals surface area (Å²) in [5, 5.41) is 9.32. The van der Waals surface area contributed by atoms with Gasteiger partial charge in [0.25, 0.3) is 0 Å². The molecule has 3 aromatic rings. The van der Waals surface area contributed by atoms with Gasteiger partial charge in [0.2, 0.25) is 0 Å². The number of methoxy groups -OCH3 is 1. The SMILES string of the molecule is CCC[C@@H](CC(=O)O)c1cccc(OCc2cc(C3=CCCC3(C)C)c(-c3cc(OC)ccc3F)cc2F)c1. The Morgan fingerprint density at radius 3 is 2.46 bits per heavy atom. The number of carboxylic acids is 1. The molecule has 4 nitrogen and oxygen atoms in total. The molecular weight excluding hydrogens is 498 g/mol. The molecule has 0 spiro atoms. The van der Waals surface area contributed by atoms with Crippen molar-refractivity contribution in [1.29, 1.82) is 0 Å². The maximum absolute atomic E-state index is 15.5. The Hall–Kier alpha value is -3.67. The Morgan fingerprint density at radius 1 is 1.00 bits per heavy atom. The minimum absolute atomic E-state index is 0.0196. The highest BCUT2D eigenvalue weighted by Gasteiger charge is 2.31. The van der Waals surface area contributed by atoms with E-state index >= 15 is 8.78 Å². The van der Waals surface area contributed by atoms with Crippen LogP contribution in [0.3, 0.4) is 0 Å². The van der Waals surface area contributed by atoms with E-state index in [0.717, 1.165) is 42.4 Å². The third-order valence-electron chi connectivity index (χ3n) is 7.57. The van der Waals surface area contributed by atoms with E-state index in [9.17, 15) is 9.90 Å². The number of hydrogen-bond donors (Lipinski definition) is 1. The van der Waals surface area contributed by atoms with Crippen LogP contribution in [0.5, 0.6) is 11.5 Å². The average molecular weight is 535 g/mol. The maximum atomic E-state index is 15.5. The second-order valence-corrected chi connectivity index (χ2v) is 10.8. The van der Waals surface area contributed by atoms with Crippen LogP contribution in [-0.2, 0) is 11.4 Å². The summed E-state index contributed by atoms with van der Waals surface area (Å²) in [6, 6.07) is 15.0. The largest absolute Gasteiger partial charge is 0.497 e. The normalized spacial score (nSPS) is 15.1. The third-order valence-corrected chi connectivity index (χ3v) is 7.57. The van der Waals surface area contributed by atoms with Crippen molar-refractivity contribution in [2.75, 3.05) is 7.11 Å². The minimum atomic E-state index is -0.842. The van der Waals surface area contributed by atoms with Crippen molar-refractivity contribution >= 4 is 11.5 Å². The van der Waals surface area contributed by atoms with Crippen molar-refractivity contribution in [2.45, 2.75) is 65.4 Å². The first-order valence-electron chi connectivity index (χ1n) is 13.4. The Kier molecular flexibility index (Phi) is 8.73. The van der Waals surface area contributed by atoms with Crippen molar-refractivity contribution in [3.05, 3.63) is 89.0 Å². The van der Waals surface area contributed by atoms with Crippen LogP contribution in [0.4, 0.5) is 8.78 Å². The van der Waals surface area contributed by atoms with E-state index in [4.69, 9.17) is 9.47 Å². The molecule has 0 radical (unpaired) electrons. The van der Waals surface area contributed by atoms with Crippen LogP contribution in [0, 0.1) is 17.0 Å². The molecular formula is C33H36F2O4. The Bertz CT molecular complexity index is 1380. The number of benzene rings is 3. The molecule has 4 rings (SSSR count). The molecule has 206 valence electrons. The molecule has 3 aromatic carbocycles. The lowest BCUT2D eigenvalue weighted by atomic mass is 9.79. The number of aliphatic carboxylic acids is 1. The smallest absolute Gasteiger partial charge is 0.303 e. The Balaban J connectivity index is 1.70. The molecule has 0 unspecified atom stereocenters. The van der Waals surface area contributed by atoms with Gasteiger partial charge in [0.15, 0.2) is 0 Å². The monoisotopic (exact) mass is 534 g/mol. The molecule has 0 fully saturated rings. The van der Waals surface area contributed by atoms with Gasteiger partial charge in [0, 0.05) is 11.1 Å². The molecule has 0 aliphatic heterocycles. The molecule has 1 N–H and O–H groups in total. The second kappa shape index (κ2) is 12.0. The highest BCUT2D eigenvalue weighted by Crippen LogP contribution is 2.48. The Labute approximate surface area is 229 Å². The summed E-state index contributed by atoms with van der Waals surface area (Å²) in [6.45, 7) is 6.30. The fourth-order valence-electron chi connectivity index (χ4n) is 5.44. The van der Waals surface area contributed by atoms with Gasteiger partial charge in [-0.3, -0.25) is 4.79 Å². The fourth-order valence-corrected chi connectivity index (χ4v) is 5.44. The average Bonchev–Trinajstić information content (AvgIpc) is 3.26. The zero-order chi connectivity index (χ0) is 28.2. The molecule has 0 saturated heterocycles. The molecule has 39 heavy (non-hydrogen) atoms. The van der Waals surface area contributed by atoms with Crippen molar-refractivity contribution in [3.8, 4) is 22.6 Å². The Morgan fingerprint density at radius 2 is 1.79 bits per heavy atom. The maximum Gasteiger partial charge on any atom is 0.303 e. The summed E-state index contributed by atoms with van der Waals surface area (Å²) in [7, 11) is 1.52. The van der Waals surface area contributed by atoms with E-state index in [1.54, 1.807) is 24.3 Å². The number of carboxylic acid groups (broad SMARTS) is 1. The minimum Gasteiger partial charge on any atom is -0.497 e. The van der Waals surface area contributed by atoms with Crippen LogP contribution >= 0.6 is 0 Å². The second-order valence-electron chi connectivity index (χ2n) is 10.8. The molecule has 1 aliphatic rings. The molecule has 0 heterocycles.